The summed E-state index contributed by atoms with van der Waals surface area (Å²) in [5, 5.41) is 3.24. The van der Waals surface area contributed by atoms with E-state index in [1.807, 2.05) is 18.2 Å². The number of fused-ring (bicyclic) bond motifs is 1. The van der Waals surface area contributed by atoms with Crippen LogP contribution in [-0.4, -0.2) is 29.7 Å². The Morgan fingerprint density at radius 3 is 2.11 bits per heavy atom. The molecule has 0 radical (unpaired) electrons. The SMILES string of the molecule is COc1ccc(C(=O)NC(c2nc3ccc(OC)cc3n2Cc2ccc(C(C)(C)C)cc2)C(C)C)cc1. The number of benzene rings is 3. The molecule has 1 heterocycles. The van der Waals surface area contributed by atoms with Gasteiger partial charge in [0, 0.05) is 18.2 Å². The molecule has 4 aromatic rings. The molecular weight excluding hydrogens is 462 g/mol. The second-order valence-corrected chi connectivity index (χ2v) is 10.8. The lowest BCUT2D eigenvalue weighted by Crippen LogP contribution is -2.33. The molecule has 37 heavy (non-hydrogen) atoms. The highest BCUT2D eigenvalue weighted by Crippen LogP contribution is 2.30. The predicted molar refractivity (Wildman–Crippen MR) is 149 cm³/mol. The number of carbonyl (C=O) groups excluding carboxylic acids is 1. The van der Waals surface area contributed by atoms with Gasteiger partial charge in [-0.15, -0.1) is 0 Å². The van der Waals surface area contributed by atoms with E-state index in [4.69, 9.17) is 14.5 Å². The third kappa shape index (κ3) is 5.79. The van der Waals surface area contributed by atoms with Crippen molar-refractivity contribution in [3.05, 3.63) is 89.2 Å². The van der Waals surface area contributed by atoms with Gasteiger partial charge in [0.2, 0.25) is 0 Å². The number of methoxy groups -OCH3 is 2. The quantitative estimate of drug-likeness (QED) is 0.299. The molecule has 4 rings (SSSR count). The van der Waals surface area contributed by atoms with E-state index in [-0.39, 0.29) is 23.3 Å². The lowest BCUT2D eigenvalue weighted by Gasteiger charge is -2.24. The molecular formula is C31H37N3O3. The van der Waals surface area contributed by atoms with Crippen LogP contribution in [0.15, 0.2) is 66.7 Å². The summed E-state index contributed by atoms with van der Waals surface area (Å²) in [5.74, 6) is 2.27. The standard InChI is InChI=1S/C31H37N3O3/c1-20(2)28(33-30(35)22-10-14-24(36-6)15-11-22)29-32-26-17-16-25(37-7)18-27(26)34(29)19-21-8-12-23(13-9-21)31(3,4)5/h8-18,20,28H,19H2,1-7H3,(H,33,35). The van der Waals surface area contributed by atoms with Crippen LogP contribution < -0.4 is 14.8 Å². The third-order valence-electron chi connectivity index (χ3n) is 6.73. The Morgan fingerprint density at radius 2 is 1.54 bits per heavy atom. The molecule has 0 spiro atoms. The number of amides is 1. The average molecular weight is 500 g/mol. The van der Waals surface area contributed by atoms with Crippen molar-refractivity contribution in [2.45, 2.75) is 52.6 Å². The minimum absolute atomic E-state index is 0.0905. The molecule has 1 amide bonds. The van der Waals surface area contributed by atoms with Gasteiger partial charge in [-0.05, 0) is 58.9 Å². The van der Waals surface area contributed by atoms with E-state index < -0.39 is 0 Å². The van der Waals surface area contributed by atoms with Crippen molar-refractivity contribution < 1.29 is 14.3 Å². The Hall–Kier alpha value is -3.80. The summed E-state index contributed by atoms with van der Waals surface area (Å²) in [6.45, 7) is 11.5. The molecule has 0 saturated heterocycles. The maximum absolute atomic E-state index is 13.2. The lowest BCUT2D eigenvalue weighted by atomic mass is 9.87. The number of imidazole rings is 1. The van der Waals surface area contributed by atoms with Crippen molar-refractivity contribution in [3.8, 4) is 11.5 Å². The van der Waals surface area contributed by atoms with Crippen LogP contribution in [-0.2, 0) is 12.0 Å². The Bertz CT molecular complexity index is 1360. The van der Waals surface area contributed by atoms with Gasteiger partial charge in [-0.25, -0.2) is 4.98 Å². The summed E-state index contributed by atoms with van der Waals surface area (Å²) in [6, 6.07) is 21.5. The first-order valence-corrected chi connectivity index (χ1v) is 12.7. The van der Waals surface area contributed by atoms with Crippen molar-refractivity contribution in [2.24, 2.45) is 5.92 Å². The number of hydrogen-bond acceptors (Lipinski definition) is 4. The number of ether oxygens (including phenoxy) is 2. The van der Waals surface area contributed by atoms with Crippen LogP contribution in [0.2, 0.25) is 0 Å². The van der Waals surface area contributed by atoms with Crippen molar-refractivity contribution in [1.82, 2.24) is 14.9 Å². The maximum Gasteiger partial charge on any atom is 0.251 e. The van der Waals surface area contributed by atoms with Gasteiger partial charge in [0.05, 0.1) is 31.3 Å². The van der Waals surface area contributed by atoms with E-state index in [1.165, 1.54) is 11.1 Å². The average Bonchev–Trinajstić information content (AvgIpc) is 3.23. The number of carbonyl (C=O) groups is 1. The largest absolute Gasteiger partial charge is 0.497 e. The monoisotopic (exact) mass is 499 g/mol. The fourth-order valence-electron chi connectivity index (χ4n) is 4.44. The summed E-state index contributed by atoms with van der Waals surface area (Å²) in [5.41, 5.74) is 4.96. The summed E-state index contributed by atoms with van der Waals surface area (Å²) in [7, 11) is 3.28. The molecule has 1 N–H and O–H groups in total. The van der Waals surface area contributed by atoms with Crippen molar-refractivity contribution >= 4 is 16.9 Å². The number of nitrogens with one attached hydrogen (secondary N) is 1. The highest BCUT2D eigenvalue weighted by Gasteiger charge is 2.26. The molecule has 0 aliphatic rings. The topological polar surface area (TPSA) is 65.4 Å². The van der Waals surface area contributed by atoms with Crippen LogP contribution in [0.3, 0.4) is 0 Å². The zero-order valence-corrected chi connectivity index (χ0v) is 22.8. The van der Waals surface area contributed by atoms with Crippen LogP contribution >= 0.6 is 0 Å². The normalized spacial score (nSPS) is 12.5. The van der Waals surface area contributed by atoms with Gasteiger partial charge < -0.3 is 19.4 Å². The third-order valence-corrected chi connectivity index (χ3v) is 6.73. The molecule has 1 aromatic heterocycles. The van der Waals surface area contributed by atoms with Gasteiger partial charge in [-0.1, -0.05) is 58.9 Å². The van der Waals surface area contributed by atoms with Gasteiger partial charge in [-0.2, -0.15) is 0 Å². The van der Waals surface area contributed by atoms with E-state index in [1.54, 1.807) is 38.5 Å². The van der Waals surface area contributed by atoms with E-state index in [2.05, 4.69) is 68.8 Å². The highest BCUT2D eigenvalue weighted by molar-refractivity contribution is 5.94. The van der Waals surface area contributed by atoms with Gasteiger partial charge in [0.1, 0.15) is 17.3 Å². The summed E-state index contributed by atoms with van der Waals surface area (Å²) in [4.78, 5) is 18.2. The first kappa shape index (κ1) is 26.3. The van der Waals surface area contributed by atoms with E-state index in [0.29, 0.717) is 17.9 Å². The molecule has 194 valence electrons. The summed E-state index contributed by atoms with van der Waals surface area (Å²) < 4.78 is 12.9. The summed E-state index contributed by atoms with van der Waals surface area (Å²) in [6.07, 6.45) is 0. The van der Waals surface area contributed by atoms with Crippen LogP contribution in [0.5, 0.6) is 11.5 Å². The Kier molecular flexibility index (Phi) is 7.58. The fourth-order valence-corrected chi connectivity index (χ4v) is 4.44. The molecule has 1 atom stereocenters. The first-order chi connectivity index (χ1) is 17.6. The maximum atomic E-state index is 13.2. The predicted octanol–water partition coefficient (Wildman–Crippen LogP) is 6.53. The number of aromatic nitrogens is 2. The van der Waals surface area contributed by atoms with E-state index >= 15 is 0 Å². The van der Waals surface area contributed by atoms with Crippen molar-refractivity contribution in [3.63, 3.8) is 0 Å². The summed E-state index contributed by atoms with van der Waals surface area (Å²) >= 11 is 0. The molecule has 1 unspecified atom stereocenters. The number of hydrogen-bond donors (Lipinski definition) is 1. The molecule has 0 aliphatic carbocycles. The molecule has 3 aromatic carbocycles. The number of nitrogens with zero attached hydrogens (tertiary/aromatic N) is 2. The van der Waals surface area contributed by atoms with E-state index in [0.717, 1.165) is 22.6 Å². The van der Waals surface area contributed by atoms with Crippen LogP contribution in [0.4, 0.5) is 0 Å². The molecule has 6 nitrogen and oxygen atoms in total. The second-order valence-electron chi connectivity index (χ2n) is 10.8. The van der Waals surface area contributed by atoms with E-state index in [9.17, 15) is 4.79 Å². The van der Waals surface area contributed by atoms with Gasteiger partial charge in [0.15, 0.2) is 0 Å². The van der Waals surface area contributed by atoms with Gasteiger partial charge >= 0.3 is 0 Å². The Morgan fingerprint density at radius 1 is 0.919 bits per heavy atom. The molecule has 6 heteroatoms. The van der Waals surface area contributed by atoms with Crippen LogP contribution in [0.25, 0.3) is 11.0 Å². The zero-order valence-electron chi connectivity index (χ0n) is 22.8. The molecule has 0 aliphatic heterocycles. The first-order valence-electron chi connectivity index (χ1n) is 12.7. The highest BCUT2D eigenvalue weighted by atomic mass is 16.5. The molecule has 0 saturated carbocycles. The lowest BCUT2D eigenvalue weighted by molar-refractivity contribution is 0.0922. The minimum atomic E-state index is -0.290. The van der Waals surface area contributed by atoms with Crippen LogP contribution in [0.1, 0.15) is 68.0 Å². The molecule has 0 fully saturated rings. The Balaban J connectivity index is 1.74. The van der Waals surface area contributed by atoms with Gasteiger partial charge in [-0.3, -0.25) is 4.79 Å². The second kappa shape index (κ2) is 10.7. The Labute approximate surface area is 219 Å². The van der Waals surface area contributed by atoms with Crippen molar-refractivity contribution in [2.75, 3.05) is 14.2 Å². The van der Waals surface area contributed by atoms with Gasteiger partial charge in [0.25, 0.3) is 5.91 Å². The fraction of sp³-hybridized carbons (Fsp3) is 0.355. The minimum Gasteiger partial charge on any atom is -0.497 e. The van der Waals surface area contributed by atoms with Crippen molar-refractivity contribution in [1.29, 1.82) is 0 Å². The number of rotatable bonds is 8. The van der Waals surface area contributed by atoms with Crippen LogP contribution in [0, 0.1) is 5.92 Å². The zero-order chi connectivity index (χ0) is 26.7. The smallest absolute Gasteiger partial charge is 0.251 e. The molecule has 0 bridgehead atoms.